The summed E-state index contributed by atoms with van der Waals surface area (Å²) in [5.41, 5.74) is 6.80. The second kappa shape index (κ2) is 9.65. The third-order valence-electron chi connectivity index (χ3n) is 5.34. The number of amides is 1. The molecule has 0 spiro atoms. The summed E-state index contributed by atoms with van der Waals surface area (Å²) in [5, 5.41) is 3.93. The number of aromatic nitrogens is 3. The lowest BCUT2D eigenvalue weighted by Gasteiger charge is -2.27. The first kappa shape index (κ1) is 23.0. The zero-order valence-electron chi connectivity index (χ0n) is 18.5. The lowest BCUT2D eigenvalue weighted by molar-refractivity contribution is -0.119. The van der Waals surface area contributed by atoms with Gasteiger partial charge in [-0.2, -0.15) is 0 Å². The van der Waals surface area contributed by atoms with Crippen molar-refractivity contribution in [2.24, 2.45) is 0 Å². The number of ether oxygens (including phenoxy) is 1. The number of carbonyl (C=O) groups excluding carboxylic acids is 1. The van der Waals surface area contributed by atoms with Crippen LogP contribution in [-0.4, -0.2) is 34.3 Å². The summed E-state index contributed by atoms with van der Waals surface area (Å²) < 4.78 is 11.4. The minimum Gasteiger partial charge on any atom is -0.383 e. The highest BCUT2D eigenvalue weighted by atomic mass is 16.5. The number of aryl methyl sites for hydroxylation is 2. The highest BCUT2D eigenvalue weighted by Gasteiger charge is 2.31. The first-order valence-corrected chi connectivity index (χ1v) is 10.2. The fraction of sp³-hybridized carbons (Fsp3) is 0.364. The maximum Gasteiger partial charge on any atom is 0.330 e. The number of hydrogen-bond donors (Lipinski definition) is 2. The molecule has 0 radical (unpaired) electrons. The van der Waals surface area contributed by atoms with Gasteiger partial charge in [-0.05, 0) is 26.3 Å². The fourth-order valence-electron chi connectivity index (χ4n) is 3.74. The average Bonchev–Trinajstić information content (AvgIpc) is 3.10. The zero-order valence-corrected chi connectivity index (χ0v) is 18.5. The van der Waals surface area contributed by atoms with Crippen LogP contribution in [0.5, 0.6) is 0 Å². The molecule has 1 atom stereocenters. The Hall–Kier alpha value is -3.66. The Morgan fingerprint density at radius 2 is 1.97 bits per heavy atom. The van der Waals surface area contributed by atoms with Crippen LogP contribution in [0.1, 0.15) is 35.4 Å². The molecule has 170 valence electrons. The van der Waals surface area contributed by atoms with Crippen molar-refractivity contribution >= 4 is 17.4 Å². The van der Waals surface area contributed by atoms with E-state index in [4.69, 9.17) is 15.0 Å². The van der Waals surface area contributed by atoms with Gasteiger partial charge in [0, 0.05) is 12.7 Å². The topological polar surface area (TPSA) is 136 Å². The molecular weight excluding hydrogens is 414 g/mol. The van der Waals surface area contributed by atoms with Gasteiger partial charge in [-0.15, -0.1) is 0 Å². The molecule has 1 aromatic carbocycles. The third kappa shape index (κ3) is 4.50. The molecule has 10 heteroatoms. The van der Waals surface area contributed by atoms with Crippen molar-refractivity contribution in [1.82, 2.24) is 14.7 Å². The van der Waals surface area contributed by atoms with Gasteiger partial charge in [0.05, 0.1) is 31.3 Å². The molecular formula is C22H27N5O5. The van der Waals surface area contributed by atoms with Gasteiger partial charge in [-0.3, -0.25) is 24.0 Å². The number of hydrogen-bond acceptors (Lipinski definition) is 7. The van der Waals surface area contributed by atoms with Crippen LogP contribution >= 0.6 is 0 Å². The molecule has 32 heavy (non-hydrogen) atoms. The average molecular weight is 441 g/mol. The van der Waals surface area contributed by atoms with Crippen LogP contribution in [0.15, 0.2) is 44.4 Å². The maximum absolute atomic E-state index is 13.7. The van der Waals surface area contributed by atoms with Crippen LogP contribution in [0.3, 0.4) is 0 Å². The highest BCUT2D eigenvalue weighted by Crippen LogP contribution is 2.29. The molecule has 1 amide bonds. The molecule has 0 saturated heterocycles. The van der Waals surface area contributed by atoms with Crippen molar-refractivity contribution in [3.8, 4) is 0 Å². The molecule has 10 nitrogen and oxygen atoms in total. The second-order valence-corrected chi connectivity index (χ2v) is 7.51. The van der Waals surface area contributed by atoms with Gasteiger partial charge < -0.3 is 15.0 Å². The van der Waals surface area contributed by atoms with Crippen LogP contribution in [0.4, 0.5) is 11.5 Å². The Morgan fingerprint density at radius 1 is 1.28 bits per heavy atom. The lowest BCUT2D eigenvalue weighted by Crippen LogP contribution is -2.42. The van der Waals surface area contributed by atoms with Crippen molar-refractivity contribution in [3.05, 3.63) is 73.8 Å². The number of rotatable bonds is 8. The van der Waals surface area contributed by atoms with Crippen molar-refractivity contribution in [2.45, 2.75) is 39.8 Å². The van der Waals surface area contributed by atoms with E-state index in [0.717, 1.165) is 5.56 Å². The molecule has 2 heterocycles. The van der Waals surface area contributed by atoms with E-state index >= 15 is 0 Å². The molecule has 0 saturated carbocycles. The van der Waals surface area contributed by atoms with E-state index in [1.807, 2.05) is 30.3 Å². The Morgan fingerprint density at radius 3 is 2.56 bits per heavy atom. The van der Waals surface area contributed by atoms with Crippen LogP contribution in [0.25, 0.3) is 0 Å². The summed E-state index contributed by atoms with van der Waals surface area (Å²) >= 11 is 0. The summed E-state index contributed by atoms with van der Waals surface area (Å²) in [7, 11) is 1.49. The Labute approximate surface area is 184 Å². The highest BCUT2D eigenvalue weighted by molar-refractivity contribution is 5.99. The summed E-state index contributed by atoms with van der Waals surface area (Å²) in [4.78, 5) is 42.5. The Bertz CT molecular complexity index is 1190. The largest absolute Gasteiger partial charge is 0.383 e. The van der Waals surface area contributed by atoms with E-state index in [1.165, 1.54) is 16.6 Å². The SMILES string of the molecule is COCCn1c(N)c(N(Cc2ccccc2)C(=O)C(C)c2c(C)noc2C)c(=O)[nH]c1=O. The number of H-pyrrole nitrogens is 1. The minimum atomic E-state index is -0.739. The molecule has 0 aliphatic rings. The van der Waals surface area contributed by atoms with Crippen molar-refractivity contribution < 1.29 is 14.1 Å². The van der Waals surface area contributed by atoms with Gasteiger partial charge >= 0.3 is 5.69 Å². The second-order valence-electron chi connectivity index (χ2n) is 7.51. The van der Waals surface area contributed by atoms with Crippen LogP contribution in [0, 0.1) is 13.8 Å². The summed E-state index contributed by atoms with van der Waals surface area (Å²) in [5.74, 6) is -0.624. The van der Waals surface area contributed by atoms with Gasteiger partial charge in [0.15, 0.2) is 5.69 Å². The number of nitrogens with zero attached hydrogens (tertiary/aromatic N) is 3. The van der Waals surface area contributed by atoms with Gasteiger partial charge in [0.1, 0.15) is 11.6 Å². The van der Waals surface area contributed by atoms with E-state index < -0.39 is 17.2 Å². The van der Waals surface area contributed by atoms with E-state index in [1.54, 1.807) is 20.8 Å². The summed E-state index contributed by atoms with van der Waals surface area (Å²) in [6, 6.07) is 9.21. The molecule has 3 aromatic rings. The molecule has 1 unspecified atom stereocenters. The van der Waals surface area contributed by atoms with Crippen molar-refractivity contribution in [1.29, 1.82) is 0 Å². The number of methoxy groups -OCH3 is 1. The predicted molar refractivity (Wildman–Crippen MR) is 120 cm³/mol. The van der Waals surface area contributed by atoms with Crippen LogP contribution in [0.2, 0.25) is 0 Å². The predicted octanol–water partition coefficient (Wildman–Crippen LogP) is 1.71. The fourth-order valence-corrected chi connectivity index (χ4v) is 3.74. The minimum absolute atomic E-state index is 0.0865. The molecule has 0 aliphatic carbocycles. The maximum atomic E-state index is 13.7. The Kier molecular flexibility index (Phi) is 6.94. The normalized spacial score (nSPS) is 12.0. The molecule has 0 fully saturated rings. The monoisotopic (exact) mass is 441 g/mol. The number of nitrogen functional groups attached to an aromatic ring is 1. The van der Waals surface area contributed by atoms with Crippen LogP contribution in [-0.2, 0) is 22.6 Å². The molecule has 3 N–H and O–H groups in total. The van der Waals surface area contributed by atoms with Gasteiger partial charge in [0.2, 0.25) is 5.91 Å². The Balaban J connectivity index is 2.15. The molecule has 2 aromatic heterocycles. The standard InChI is InChI=1S/C22H27N5O5/c1-13(17-14(2)25-32-15(17)3)21(29)27(12-16-8-6-5-7-9-16)18-19(23)26(10-11-31-4)22(30)24-20(18)28/h5-9,13H,10-12,23H2,1-4H3,(H,24,28,30). The van der Waals surface area contributed by atoms with Crippen molar-refractivity contribution in [3.63, 3.8) is 0 Å². The third-order valence-corrected chi connectivity index (χ3v) is 5.34. The van der Waals surface area contributed by atoms with Gasteiger partial charge in [-0.25, -0.2) is 4.79 Å². The summed E-state index contributed by atoms with van der Waals surface area (Å²) in [6.45, 7) is 5.62. The first-order chi connectivity index (χ1) is 15.3. The van der Waals surface area contributed by atoms with Crippen LogP contribution < -0.4 is 21.9 Å². The number of benzene rings is 1. The van der Waals surface area contributed by atoms with E-state index in [2.05, 4.69) is 10.1 Å². The number of aromatic amines is 1. The first-order valence-electron chi connectivity index (χ1n) is 10.2. The van der Waals surface area contributed by atoms with E-state index in [0.29, 0.717) is 17.0 Å². The smallest absolute Gasteiger partial charge is 0.330 e. The van der Waals surface area contributed by atoms with Gasteiger partial charge in [0.25, 0.3) is 5.56 Å². The molecule has 0 aliphatic heterocycles. The number of carbonyl (C=O) groups is 1. The number of anilines is 2. The van der Waals surface area contributed by atoms with E-state index in [9.17, 15) is 14.4 Å². The summed E-state index contributed by atoms with van der Waals surface area (Å²) in [6.07, 6.45) is 0. The molecule has 3 rings (SSSR count). The number of nitrogens with one attached hydrogen (secondary N) is 1. The lowest BCUT2D eigenvalue weighted by atomic mass is 9.97. The van der Waals surface area contributed by atoms with Gasteiger partial charge in [-0.1, -0.05) is 35.5 Å². The zero-order chi connectivity index (χ0) is 23.4. The quantitative estimate of drug-likeness (QED) is 0.543. The van der Waals surface area contributed by atoms with Crippen molar-refractivity contribution in [2.75, 3.05) is 24.4 Å². The molecule has 0 bridgehead atoms. The number of nitrogens with two attached hydrogens (primary N) is 1. The van der Waals surface area contributed by atoms with E-state index in [-0.39, 0.29) is 37.1 Å².